The SMILES string of the molecule is O=S(=O)(c1ccc(N/N=C/c2ccc(C(F)(F)F)cc2)nc1)N1CCCCC1. The van der Waals surface area contributed by atoms with Crippen LogP contribution in [0, 0.1) is 0 Å². The first kappa shape index (κ1) is 20.3. The van der Waals surface area contributed by atoms with Crippen molar-refractivity contribution in [2.45, 2.75) is 30.3 Å². The van der Waals surface area contributed by atoms with Gasteiger partial charge in [-0.15, -0.1) is 0 Å². The van der Waals surface area contributed by atoms with E-state index in [4.69, 9.17) is 0 Å². The minimum absolute atomic E-state index is 0.117. The number of pyridine rings is 1. The lowest BCUT2D eigenvalue weighted by molar-refractivity contribution is -0.137. The normalized spacial score (nSPS) is 16.4. The monoisotopic (exact) mass is 412 g/mol. The zero-order chi connectivity index (χ0) is 20.2. The van der Waals surface area contributed by atoms with Gasteiger partial charge in [0, 0.05) is 19.3 Å². The molecule has 1 fully saturated rings. The Morgan fingerprint density at radius 2 is 1.71 bits per heavy atom. The zero-order valence-corrected chi connectivity index (χ0v) is 15.7. The number of hydrazone groups is 1. The topological polar surface area (TPSA) is 74.7 Å². The lowest BCUT2D eigenvalue weighted by Crippen LogP contribution is -2.35. The second-order valence-corrected chi connectivity index (χ2v) is 8.27. The van der Waals surface area contributed by atoms with Crippen molar-refractivity contribution in [3.63, 3.8) is 0 Å². The minimum Gasteiger partial charge on any atom is -0.261 e. The Hall–Kier alpha value is -2.46. The van der Waals surface area contributed by atoms with E-state index in [0.29, 0.717) is 24.5 Å². The third-order valence-corrected chi connectivity index (χ3v) is 6.20. The highest BCUT2D eigenvalue weighted by Gasteiger charge is 2.29. The van der Waals surface area contributed by atoms with Gasteiger partial charge in [0.15, 0.2) is 0 Å². The van der Waals surface area contributed by atoms with Crippen molar-refractivity contribution >= 4 is 22.1 Å². The van der Waals surface area contributed by atoms with E-state index in [1.165, 1.54) is 41.0 Å². The largest absolute Gasteiger partial charge is 0.416 e. The first-order valence-corrected chi connectivity index (χ1v) is 10.1. The van der Waals surface area contributed by atoms with Crippen molar-refractivity contribution in [2.75, 3.05) is 18.5 Å². The molecule has 3 rings (SSSR count). The first-order chi connectivity index (χ1) is 13.3. The summed E-state index contributed by atoms with van der Waals surface area (Å²) in [4.78, 5) is 4.16. The lowest BCUT2D eigenvalue weighted by Gasteiger charge is -2.25. The molecule has 0 radical (unpaired) electrons. The molecule has 0 unspecified atom stereocenters. The number of hydrogen-bond acceptors (Lipinski definition) is 5. The van der Waals surface area contributed by atoms with Crippen molar-refractivity contribution in [3.8, 4) is 0 Å². The zero-order valence-electron chi connectivity index (χ0n) is 14.9. The molecule has 6 nitrogen and oxygen atoms in total. The average Bonchev–Trinajstić information content (AvgIpc) is 2.69. The van der Waals surface area contributed by atoms with Crippen LogP contribution in [0.4, 0.5) is 19.0 Å². The molecule has 2 heterocycles. The van der Waals surface area contributed by atoms with Crippen LogP contribution >= 0.6 is 0 Å². The number of nitrogens with zero attached hydrogens (tertiary/aromatic N) is 3. The van der Waals surface area contributed by atoms with Crippen LogP contribution in [0.5, 0.6) is 0 Å². The molecule has 0 bridgehead atoms. The second-order valence-electron chi connectivity index (χ2n) is 6.33. The Morgan fingerprint density at radius 1 is 1.04 bits per heavy atom. The quantitative estimate of drug-likeness (QED) is 0.600. The Kier molecular flexibility index (Phi) is 5.99. The van der Waals surface area contributed by atoms with Gasteiger partial charge < -0.3 is 0 Å². The van der Waals surface area contributed by atoms with E-state index in [2.05, 4.69) is 15.5 Å². The molecule has 2 aromatic rings. The van der Waals surface area contributed by atoms with Crippen LogP contribution in [0.3, 0.4) is 0 Å². The highest BCUT2D eigenvalue weighted by atomic mass is 32.2. The Labute approximate surface area is 161 Å². The summed E-state index contributed by atoms with van der Waals surface area (Å²) in [7, 11) is -3.55. The highest BCUT2D eigenvalue weighted by molar-refractivity contribution is 7.89. The minimum atomic E-state index is -4.38. The summed E-state index contributed by atoms with van der Waals surface area (Å²) >= 11 is 0. The molecule has 1 aliphatic heterocycles. The molecular formula is C18H19F3N4O2S. The molecule has 1 N–H and O–H groups in total. The number of rotatable bonds is 5. The fraction of sp³-hybridized carbons (Fsp3) is 0.333. The van der Waals surface area contributed by atoms with Crippen molar-refractivity contribution in [1.82, 2.24) is 9.29 Å². The molecule has 0 saturated carbocycles. The lowest BCUT2D eigenvalue weighted by atomic mass is 10.1. The van der Waals surface area contributed by atoms with Crippen LogP contribution in [0.2, 0.25) is 0 Å². The molecule has 0 aliphatic carbocycles. The predicted molar refractivity (Wildman–Crippen MR) is 99.5 cm³/mol. The summed E-state index contributed by atoms with van der Waals surface area (Å²) in [6.45, 7) is 1.03. The molecule has 0 amide bonds. The van der Waals surface area contributed by atoms with Crippen molar-refractivity contribution in [3.05, 3.63) is 53.7 Å². The molecular weight excluding hydrogens is 393 g/mol. The van der Waals surface area contributed by atoms with Gasteiger partial charge in [-0.3, -0.25) is 5.43 Å². The van der Waals surface area contributed by atoms with Crippen molar-refractivity contribution in [1.29, 1.82) is 0 Å². The smallest absolute Gasteiger partial charge is 0.261 e. The average molecular weight is 412 g/mol. The van der Waals surface area contributed by atoms with Gasteiger partial charge in [-0.25, -0.2) is 13.4 Å². The van der Waals surface area contributed by atoms with E-state index in [1.54, 1.807) is 0 Å². The third kappa shape index (κ3) is 4.87. The number of nitrogens with one attached hydrogen (secondary N) is 1. The summed E-state index contributed by atoms with van der Waals surface area (Å²) in [6, 6.07) is 7.49. The number of benzene rings is 1. The van der Waals surface area contributed by atoms with Gasteiger partial charge in [-0.2, -0.15) is 22.6 Å². The fourth-order valence-electron chi connectivity index (χ4n) is 2.78. The van der Waals surface area contributed by atoms with Crippen molar-refractivity contribution < 1.29 is 21.6 Å². The van der Waals surface area contributed by atoms with Crippen LogP contribution in [-0.2, 0) is 16.2 Å². The molecule has 1 aromatic heterocycles. The van der Waals surface area contributed by atoms with E-state index in [0.717, 1.165) is 31.4 Å². The van der Waals surface area contributed by atoms with Gasteiger partial charge >= 0.3 is 6.18 Å². The van der Waals surface area contributed by atoms with Gasteiger partial charge in [0.05, 0.1) is 11.8 Å². The van der Waals surface area contributed by atoms with E-state index in [9.17, 15) is 21.6 Å². The number of alkyl halides is 3. The molecule has 10 heteroatoms. The Balaban J connectivity index is 1.62. The number of halogens is 3. The molecule has 1 saturated heterocycles. The fourth-order valence-corrected chi connectivity index (χ4v) is 4.25. The van der Waals surface area contributed by atoms with Crippen LogP contribution in [0.25, 0.3) is 0 Å². The number of sulfonamides is 1. The molecule has 28 heavy (non-hydrogen) atoms. The van der Waals surface area contributed by atoms with Gasteiger partial charge in [-0.05, 0) is 42.7 Å². The van der Waals surface area contributed by atoms with E-state index < -0.39 is 21.8 Å². The molecule has 0 atom stereocenters. The maximum Gasteiger partial charge on any atom is 0.416 e. The number of hydrogen-bond donors (Lipinski definition) is 1. The van der Waals surface area contributed by atoms with E-state index in [1.807, 2.05) is 0 Å². The van der Waals surface area contributed by atoms with E-state index in [-0.39, 0.29) is 4.90 Å². The van der Waals surface area contributed by atoms with Gasteiger partial charge in [0.2, 0.25) is 10.0 Å². The van der Waals surface area contributed by atoms with Gasteiger partial charge in [-0.1, -0.05) is 18.6 Å². The predicted octanol–water partition coefficient (Wildman–Crippen LogP) is 3.72. The van der Waals surface area contributed by atoms with Crippen LogP contribution in [-0.4, -0.2) is 37.0 Å². The maximum absolute atomic E-state index is 12.6. The van der Waals surface area contributed by atoms with Crippen LogP contribution < -0.4 is 5.43 Å². The Morgan fingerprint density at radius 3 is 2.29 bits per heavy atom. The number of piperidine rings is 1. The molecule has 1 aromatic carbocycles. The summed E-state index contributed by atoms with van der Waals surface area (Å²) < 4.78 is 64.1. The maximum atomic E-state index is 12.6. The summed E-state index contributed by atoms with van der Waals surface area (Å²) in [6.07, 6.45) is 0.967. The summed E-state index contributed by atoms with van der Waals surface area (Å²) in [5.74, 6) is 0.320. The van der Waals surface area contributed by atoms with E-state index >= 15 is 0 Å². The molecule has 1 aliphatic rings. The third-order valence-electron chi connectivity index (χ3n) is 4.32. The Bertz CT molecular complexity index is 921. The molecule has 0 spiro atoms. The highest BCUT2D eigenvalue weighted by Crippen LogP contribution is 2.28. The first-order valence-electron chi connectivity index (χ1n) is 8.69. The van der Waals surface area contributed by atoms with Gasteiger partial charge in [0.1, 0.15) is 10.7 Å². The number of anilines is 1. The van der Waals surface area contributed by atoms with Crippen LogP contribution in [0.1, 0.15) is 30.4 Å². The van der Waals surface area contributed by atoms with Crippen LogP contribution in [0.15, 0.2) is 52.6 Å². The summed E-state index contributed by atoms with van der Waals surface area (Å²) in [5, 5.41) is 3.91. The standard InChI is InChI=1S/C18H19F3N4O2S/c19-18(20,21)15-6-4-14(5-7-15)12-23-24-17-9-8-16(13-22-17)28(26,27)25-10-2-1-3-11-25/h4-9,12-13H,1-3,10-11H2,(H,22,24)/b23-12+. The van der Waals surface area contributed by atoms with Gasteiger partial charge in [0.25, 0.3) is 0 Å². The summed E-state index contributed by atoms with van der Waals surface area (Å²) in [5.41, 5.74) is 2.37. The van der Waals surface area contributed by atoms with Crippen molar-refractivity contribution in [2.24, 2.45) is 5.10 Å². The number of aromatic nitrogens is 1. The molecule has 150 valence electrons. The second kappa shape index (κ2) is 8.27.